The molecule has 106 valence electrons. The predicted molar refractivity (Wildman–Crippen MR) is 75.7 cm³/mol. The molecule has 0 bridgehead atoms. The number of anilines is 1. The summed E-state index contributed by atoms with van der Waals surface area (Å²) in [6, 6.07) is 0. The van der Waals surface area contributed by atoms with Crippen molar-refractivity contribution in [3.05, 3.63) is 28.8 Å². The molecule has 0 fully saturated rings. The van der Waals surface area contributed by atoms with E-state index in [1.807, 2.05) is 18.5 Å². The number of carbonyl (C=O) groups is 1. The summed E-state index contributed by atoms with van der Waals surface area (Å²) < 4.78 is 1.95. The number of carbonyl (C=O) groups excluding carboxylic acids is 1. The number of fused-ring (bicyclic) bond motifs is 1. The molecule has 1 atom stereocenters. The highest BCUT2D eigenvalue weighted by Crippen LogP contribution is 2.24. The average molecular weight is 273 g/mol. The first kappa shape index (κ1) is 12.9. The van der Waals surface area contributed by atoms with Crippen LogP contribution in [0.5, 0.6) is 0 Å². The number of aromatic amines is 1. The molecule has 0 aromatic carbocycles. The summed E-state index contributed by atoms with van der Waals surface area (Å²) in [5.74, 6) is 0.496. The van der Waals surface area contributed by atoms with Crippen molar-refractivity contribution in [3.63, 3.8) is 0 Å². The maximum atomic E-state index is 12.5. The summed E-state index contributed by atoms with van der Waals surface area (Å²) in [5, 5.41) is 14.2. The van der Waals surface area contributed by atoms with E-state index in [1.165, 1.54) is 0 Å². The molecule has 2 aromatic rings. The molecule has 6 nitrogen and oxygen atoms in total. The Morgan fingerprint density at radius 2 is 2.30 bits per heavy atom. The quantitative estimate of drug-likeness (QED) is 0.879. The third-order valence-electron chi connectivity index (χ3n) is 3.94. The van der Waals surface area contributed by atoms with Crippen molar-refractivity contribution in [2.45, 2.75) is 40.2 Å². The number of hydrogen-bond donors (Lipinski definition) is 2. The molecule has 1 aliphatic rings. The second kappa shape index (κ2) is 4.77. The molecule has 1 amide bonds. The summed E-state index contributed by atoms with van der Waals surface area (Å²) in [7, 11) is 0. The van der Waals surface area contributed by atoms with Crippen molar-refractivity contribution in [1.82, 2.24) is 20.0 Å². The third kappa shape index (κ3) is 2.11. The molecule has 3 rings (SSSR count). The van der Waals surface area contributed by atoms with Crippen LogP contribution >= 0.6 is 0 Å². The molecule has 20 heavy (non-hydrogen) atoms. The monoisotopic (exact) mass is 273 g/mol. The highest BCUT2D eigenvalue weighted by molar-refractivity contribution is 6.05. The van der Waals surface area contributed by atoms with Crippen molar-refractivity contribution < 1.29 is 4.79 Å². The van der Waals surface area contributed by atoms with Crippen molar-refractivity contribution in [1.29, 1.82) is 0 Å². The number of hydrogen-bond acceptors (Lipinski definition) is 3. The Balaban J connectivity index is 1.87. The Morgan fingerprint density at radius 3 is 3.00 bits per heavy atom. The van der Waals surface area contributed by atoms with Gasteiger partial charge in [0.25, 0.3) is 5.91 Å². The van der Waals surface area contributed by atoms with Gasteiger partial charge in [-0.3, -0.25) is 14.6 Å². The molecule has 2 aromatic heterocycles. The Bertz CT molecular complexity index is 635. The molecular formula is C14H19N5O. The largest absolute Gasteiger partial charge is 0.319 e. The highest BCUT2D eigenvalue weighted by atomic mass is 16.1. The van der Waals surface area contributed by atoms with E-state index in [0.717, 1.165) is 42.2 Å². The molecular weight excluding hydrogens is 254 g/mol. The summed E-state index contributed by atoms with van der Waals surface area (Å²) in [6.07, 6.45) is 3.70. The van der Waals surface area contributed by atoms with E-state index >= 15 is 0 Å². The molecule has 2 N–H and O–H groups in total. The van der Waals surface area contributed by atoms with Crippen LogP contribution in [-0.4, -0.2) is 25.9 Å². The summed E-state index contributed by atoms with van der Waals surface area (Å²) in [6.45, 7) is 6.87. The Hall–Kier alpha value is -2.11. The standard InChI is InChI=1S/C14H19N5O/c1-8-4-5-19-12(6-8)11(7-15-19)14(20)16-13-9(2)17-18-10(13)3/h7-8H,4-6H2,1-3H3,(H,16,20)(H,17,18). The van der Waals surface area contributed by atoms with Crippen LogP contribution in [0, 0.1) is 19.8 Å². The van der Waals surface area contributed by atoms with Crippen LogP contribution in [0.15, 0.2) is 6.20 Å². The lowest BCUT2D eigenvalue weighted by Crippen LogP contribution is -2.21. The first-order valence-electron chi connectivity index (χ1n) is 6.94. The van der Waals surface area contributed by atoms with E-state index in [-0.39, 0.29) is 5.91 Å². The lowest BCUT2D eigenvalue weighted by atomic mass is 9.96. The zero-order valence-electron chi connectivity index (χ0n) is 12.0. The van der Waals surface area contributed by atoms with Gasteiger partial charge in [-0.05, 0) is 32.6 Å². The minimum absolute atomic E-state index is 0.104. The topological polar surface area (TPSA) is 75.6 Å². The number of amides is 1. The van der Waals surface area contributed by atoms with Crippen LogP contribution < -0.4 is 5.32 Å². The smallest absolute Gasteiger partial charge is 0.259 e. The van der Waals surface area contributed by atoms with Crippen LogP contribution in [0.25, 0.3) is 0 Å². The van der Waals surface area contributed by atoms with E-state index < -0.39 is 0 Å². The second-order valence-electron chi connectivity index (χ2n) is 5.59. The lowest BCUT2D eigenvalue weighted by Gasteiger charge is -2.20. The highest BCUT2D eigenvalue weighted by Gasteiger charge is 2.23. The Morgan fingerprint density at radius 1 is 1.50 bits per heavy atom. The minimum atomic E-state index is -0.104. The van der Waals surface area contributed by atoms with E-state index in [9.17, 15) is 4.79 Å². The average Bonchev–Trinajstić information content (AvgIpc) is 2.96. The maximum absolute atomic E-state index is 12.5. The van der Waals surface area contributed by atoms with E-state index in [4.69, 9.17) is 0 Å². The second-order valence-corrected chi connectivity index (χ2v) is 5.59. The van der Waals surface area contributed by atoms with E-state index in [1.54, 1.807) is 6.20 Å². The molecule has 0 saturated carbocycles. The van der Waals surface area contributed by atoms with Crippen LogP contribution in [0.3, 0.4) is 0 Å². The van der Waals surface area contributed by atoms with E-state index in [0.29, 0.717) is 11.5 Å². The van der Waals surface area contributed by atoms with Crippen LogP contribution in [-0.2, 0) is 13.0 Å². The zero-order valence-corrected chi connectivity index (χ0v) is 12.0. The van der Waals surface area contributed by atoms with Crippen LogP contribution in [0.4, 0.5) is 5.69 Å². The molecule has 0 spiro atoms. The first-order valence-corrected chi connectivity index (χ1v) is 6.94. The van der Waals surface area contributed by atoms with Gasteiger partial charge in [0.15, 0.2) is 0 Å². The molecule has 0 saturated heterocycles. The summed E-state index contributed by atoms with van der Waals surface area (Å²) >= 11 is 0. The Kier molecular flexibility index (Phi) is 3.08. The first-order chi connectivity index (χ1) is 9.56. The Labute approximate surface area is 117 Å². The number of aromatic nitrogens is 4. The predicted octanol–water partition coefficient (Wildman–Crippen LogP) is 2.06. The van der Waals surface area contributed by atoms with Gasteiger partial charge in [-0.1, -0.05) is 6.92 Å². The molecule has 1 aliphatic heterocycles. The van der Waals surface area contributed by atoms with Gasteiger partial charge >= 0.3 is 0 Å². The number of nitrogens with one attached hydrogen (secondary N) is 2. The molecule has 6 heteroatoms. The fourth-order valence-corrected chi connectivity index (χ4v) is 2.70. The van der Waals surface area contributed by atoms with Gasteiger partial charge in [0.1, 0.15) is 0 Å². The molecule has 0 radical (unpaired) electrons. The summed E-state index contributed by atoms with van der Waals surface area (Å²) in [4.78, 5) is 12.5. The van der Waals surface area contributed by atoms with Gasteiger partial charge < -0.3 is 5.32 Å². The van der Waals surface area contributed by atoms with Gasteiger partial charge in [-0.25, -0.2) is 0 Å². The maximum Gasteiger partial charge on any atom is 0.259 e. The fraction of sp³-hybridized carbons (Fsp3) is 0.500. The zero-order chi connectivity index (χ0) is 14.3. The van der Waals surface area contributed by atoms with Gasteiger partial charge in [0.05, 0.1) is 34.5 Å². The fourth-order valence-electron chi connectivity index (χ4n) is 2.70. The lowest BCUT2D eigenvalue weighted by molar-refractivity contribution is 0.102. The van der Waals surface area contributed by atoms with Gasteiger partial charge in [-0.2, -0.15) is 10.2 Å². The van der Waals surface area contributed by atoms with Crippen molar-refractivity contribution >= 4 is 11.6 Å². The van der Waals surface area contributed by atoms with Crippen LogP contribution in [0.1, 0.15) is 40.8 Å². The number of H-pyrrole nitrogens is 1. The number of rotatable bonds is 2. The third-order valence-corrected chi connectivity index (χ3v) is 3.94. The molecule has 0 aliphatic carbocycles. The van der Waals surface area contributed by atoms with Gasteiger partial charge in [-0.15, -0.1) is 0 Å². The number of nitrogens with zero attached hydrogens (tertiary/aromatic N) is 3. The van der Waals surface area contributed by atoms with Gasteiger partial charge in [0.2, 0.25) is 0 Å². The molecule has 3 heterocycles. The summed E-state index contributed by atoms with van der Waals surface area (Å²) in [5.41, 5.74) is 4.14. The molecule has 1 unspecified atom stereocenters. The van der Waals surface area contributed by atoms with Crippen molar-refractivity contribution in [2.24, 2.45) is 5.92 Å². The van der Waals surface area contributed by atoms with Crippen LogP contribution in [0.2, 0.25) is 0 Å². The van der Waals surface area contributed by atoms with E-state index in [2.05, 4.69) is 27.5 Å². The minimum Gasteiger partial charge on any atom is -0.319 e. The number of aryl methyl sites for hydroxylation is 3. The van der Waals surface area contributed by atoms with Gasteiger partial charge in [0, 0.05) is 6.54 Å². The normalized spacial score (nSPS) is 17.9. The SMILES string of the molecule is Cc1n[nH]c(C)c1NC(=O)c1cnn2c1CC(C)CC2. The van der Waals surface area contributed by atoms with Crippen molar-refractivity contribution in [2.75, 3.05) is 5.32 Å². The van der Waals surface area contributed by atoms with Crippen molar-refractivity contribution in [3.8, 4) is 0 Å².